The fraction of sp³-hybridized carbons (Fsp3) is 0.600. The van der Waals surface area contributed by atoms with Crippen molar-refractivity contribution in [3.8, 4) is 5.75 Å². The van der Waals surface area contributed by atoms with Gasteiger partial charge in [0.1, 0.15) is 0 Å². The van der Waals surface area contributed by atoms with Crippen molar-refractivity contribution in [1.82, 2.24) is 10.2 Å². The molecule has 0 amide bonds. The van der Waals surface area contributed by atoms with Crippen LogP contribution < -0.4 is 10.1 Å². The maximum atomic E-state index is 13.8. The lowest BCUT2D eigenvalue weighted by Crippen LogP contribution is -2.53. The van der Waals surface area contributed by atoms with Crippen LogP contribution in [0.25, 0.3) is 0 Å². The Kier molecular flexibility index (Phi) is 6.72. The molecule has 0 aromatic heterocycles. The van der Waals surface area contributed by atoms with E-state index in [0.717, 1.165) is 25.2 Å². The summed E-state index contributed by atoms with van der Waals surface area (Å²) in [5.74, 6) is 0.0730. The maximum Gasteiger partial charge on any atom is 0.165 e. The Bertz CT molecular complexity index is 420. The van der Waals surface area contributed by atoms with Gasteiger partial charge in [0.05, 0.1) is 6.61 Å². The molecule has 2 unspecified atom stereocenters. The Morgan fingerprint density at radius 3 is 2.50 bits per heavy atom. The van der Waals surface area contributed by atoms with Crippen molar-refractivity contribution in [2.24, 2.45) is 0 Å². The van der Waals surface area contributed by atoms with Crippen molar-refractivity contribution in [3.63, 3.8) is 0 Å². The van der Waals surface area contributed by atoms with Crippen molar-refractivity contribution in [3.05, 3.63) is 29.6 Å². The standard InChI is InChI=1S/C15H23FN2O.ClH/c1-4-19-15-6-5-13(7-14(15)16)10-18-8-11(2)17-12(3)9-18;/h5-7,11-12,17H,4,8-10H2,1-3H3;1H. The molecule has 0 radical (unpaired) electrons. The van der Waals surface area contributed by atoms with E-state index in [-0.39, 0.29) is 18.2 Å². The van der Waals surface area contributed by atoms with Gasteiger partial charge in [-0.2, -0.15) is 0 Å². The molecule has 2 atom stereocenters. The summed E-state index contributed by atoms with van der Waals surface area (Å²) in [7, 11) is 0. The summed E-state index contributed by atoms with van der Waals surface area (Å²) in [6.45, 7) is 9.50. The molecule has 5 heteroatoms. The molecule has 0 spiro atoms. The zero-order valence-corrected chi connectivity index (χ0v) is 13.2. The number of rotatable bonds is 4. The molecule has 1 N–H and O–H groups in total. The Labute approximate surface area is 126 Å². The van der Waals surface area contributed by atoms with E-state index in [1.807, 2.05) is 13.0 Å². The molecular formula is C15H24ClFN2O. The predicted octanol–water partition coefficient (Wildman–Crippen LogP) is 2.83. The summed E-state index contributed by atoms with van der Waals surface area (Å²) < 4.78 is 19.0. The number of hydrogen-bond donors (Lipinski definition) is 1. The lowest BCUT2D eigenvalue weighted by atomic mass is 10.1. The van der Waals surface area contributed by atoms with E-state index in [9.17, 15) is 4.39 Å². The van der Waals surface area contributed by atoms with Crippen LogP contribution in [-0.2, 0) is 6.54 Å². The fourth-order valence-corrected chi connectivity index (χ4v) is 2.74. The molecule has 1 aliphatic rings. The molecule has 114 valence electrons. The van der Waals surface area contributed by atoms with Crippen LogP contribution >= 0.6 is 12.4 Å². The van der Waals surface area contributed by atoms with E-state index >= 15 is 0 Å². The highest BCUT2D eigenvalue weighted by Crippen LogP contribution is 2.20. The van der Waals surface area contributed by atoms with E-state index in [0.29, 0.717) is 24.4 Å². The van der Waals surface area contributed by atoms with E-state index in [1.165, 1.54) is 0 Å². The number of piperazine rings is 1. The van der Waals surface area contributed by atoms with E-state index in [1.54, 1.807) is 12.1 Å². The Hall–Kier alpha value is -0.840. The largest absolute Gasteiger partial charge is 0.491 e. The molecule has 1 aromatic rings. The maximum absolute atomic E-state index is 13.8. The highest BCUT2D eigenvalue weighted by atomic mass is 35.5. The van der Waals surface area contributed by atoms with Gasteiger partial charge in [0.25, 0.3) is 0 Å². The summed E-state index contributed by atoms with van der Waals surface area (Å²) in [5, 5.41) is 3.50. The van der Waals surface area contributed by atoms with Crippen LogP contribution in [0.2, 0.25) is 0 Å². The molecule has 1 heterocycles. The lowest BCUT2D eigenvalue weighted by molar-refractivity contribution is 0.166. The van der Waals surface area contributed by atoms with Crippen molar-refractivity contribution in [1.29, 1.82) is 0 Å². The van der Waals surface area contributed by atoms with E-state index in [2.05, 4.69) is 24.1 Å². The average molecular weight is 303 g/mol. The highest BCUT2D eigenvalue weighted by molar-refractivity contribution is 5.85. The highest BCUT2D eigenvalue weighted by Gasteiger charge is 2.21. The topological polar surface area (TPSA) is 24.5 Å². The van der Waals surface area contributed by atoms with Gasteiger partial charge in [-0.15, -0.1) is 12.4 Å². The predicted molar refractivity (Wildman–Crippen MR) is 82.2 cm³/mol. The third kappa shape index (κ3) is 4.62. The number of ether oxygens (including phenoxy) is 1. The van der Waals surface area contributed by atoms with Gasteiger partial charge >= 0.3 is 0 Å². The monoisotopic (exact) mass is 302 g/mol. The second-order valence-corrected chi connectivity index (χ2v) is 5.36. The molecule has 0 saturated carbocycles. The van der Waals surface area contributed by atoms with Gasteiger partial charge in [-0.1, -0.05) is 6.07 Å². The normalized spacial score (nSPS) is 23.2. The molecule has 2 rings (SSSR count). The minimum atomic E-state index is -0.268. The van der Waals surface area contributed by atoms with E-state index < -0.39 is 0 Å². The first-order valence-corrected chi connectivity index (χ1v) is 6.98. The lowest BCUT2D eigenvalue weighted by Gasteiger charge is -2.36. The van der Waals surface area contributed by atoms with Gasteiger partial charge in [0, 0.05) is 31.7 Å². The Balaban J connectivity index is 0.00000200. The van der Waals surface area contributed by atoms with Crippen molar-refractivity contribution in [2.75, 3.05) is 19.7 Å². The zero-order valence-electron chi connectivity index (χ0n) is 12.4. The van der Waals surface area contributed by atoms with Crippen molar-refractivity contribution >= 4 is 12.4 Å². The summed E-state index contributed by atoms with van der Waals surface area (Å²) in [6, 6.07) is 6.23. The fourth-order valence-electron chi connectivity index (χ4n) is 2.74. The first-order chi connectivity index (χ1) is 9.08. The van der Waals surface area contributed by atoms with Crippen molar-refractivity contribution in [2.45, 2.75) is 39.4 Å². The van der Waals surface area contributed by atoms with Gasteiger partial charge in [-0.25, -0.2) is 4.39 Å². The van der Waals surface area contributed by atoms with Crippen LogP contribution in [0.3, 0.4) is 0 Å². The number of nitrogens with one attached hydrogen (secondary N) is 1. The average Bonchev–Trinajstić information content (AvgIpc) is 2.31. The molecule has 1 fully saturated rings. The minimum absolute atomic E-state index is 0. The number of nitrogens with zero attached hydrogens (tertiary/aromatic N) is 1. The Morgan fingerprint density at radius 1 is 1.30 bits per heavy atom. The second kappa shape index (κ2) is 7.81. The van der Waals surface area contributed by atoms with Crippen LogP contribution in [0, 0.1) is 5.82 Å². The second-order valence-electron chi connectivity index (χ2n) is 5.36. The molecular weight excluding hydrogens is 279 g/mol. The molecule has 1 aromatic carbocycles. The van der Waals surface area contributed by atoms with Gasteiger partial charge < -0.3 is 10.1 Å². The smallest absolute Gasteiger partial charge is 0.165 e. The van der Waals surface area contributed by atoms with Crippen LogP contribution in [0.15, 0.2) is 18.2 Å². The van der Waals surface area contributed by atoms with Gasteiger partial charge in [-0.3, -0.25) is 4.90 Å². The zero-order chi connectivity index (χ0) is 13.8. The Morgan fingerprint density at radius 2 is 1.95 bits per heavy atom. The number of halogens is 2. The quantitative estimate of drug-likeness (QED) is 0.925. The summed E-state index contributed by atoms with van der Waals surface area (Å²) >= 11 is 0. The molecule has 0 aliphatic carbocycles. The minimum Gasteiger partial charge on any atom is -0.491 e. The van der Waals surface area contributed by atoms with Crippen LogP contribution in [0.1, 0.15) is 26.3 Å². The van der Waals surface area contributed by atoms with E-state index in [4.69, 9.17) is 4.74 Å². The third-order valence-electron chi connectivity index (χ3n) is 3.34. The molecule has 20 heavy (non-hydrogen) atoms. The van der Waals surface area contributed by atoms with Crippen LogP contribution in [0.5, 0.6) is 5.75 Å². The SMILES string of the molecule is CCOc1ccc(CN2CC(C)NC(C)C2)cc1F.Cl. The van der Waals surface area contributed by atoms with Gasteiger partial charge in [0.15, 0.2) is 11.6 Å². The first-order valence-electron chi connectivity index (χ1n) is 6.98. The molecule has 1 aliphatic heterocycles. The number of hydrogen-bond acceptors (Lipinski definition) is 3. The van der Waals surface area contributed by atoms with Gasteiger partial charge in [0.2, 0.25) is 0 Å². The molecule has 1 saturated heterocycles. The summed E-state index contributed by atoms with van der Waals surface area (Å²) in [5.41, 5.74) is 1.00. The van der Waals surface area contributed by atoms with Crippen LogP contribution in [-0.4, -0.2) is 36.7 Å². The molecule has 3 nitrogen and oxygen atoms in total. The van der Waals surface area contributed by atoms with Crippen molar-refractivity contribution < 1.29 is 9.13 Å². The first kappa shape index (κ1) is 17.2. The summed E-state index contributed by atoms with van der Waals surface area (Å²) in [6.07, 6.45) is 0. The number of benzene rings is 1. The molecule has 0 bridgehead atoms. The summed E-state index contributed by atoms with van der Waals surface area (Å²) in [4.78, 5) is 2.36. The van der Waals surface area contributed by atoms with Gasteiger partial charge in [-0.05, 0) is 38.5 Å². The third-order valence-corrected chi connectivity index (χ3v) is 3.34. The van der Waals surface area contributed by atoms with Crippen LogP contribution in [0.4, 0.5) is 4.39 Å².